The Morgan fingerprint density at radius 3 is 1.96 bits per heavy atom. The Labute approximate surface area is 139 Å². The normalized spacial score (nSPS) is 19.9. The standard InChI is InChI=1S/C16H23F3N2O3/c1-12(22)10-20-6-8-21(9-7-20)11-15(23)13-2-4-14(5-3-13)24-16(17,18)19/h2-5,12,15,22-23H,6-11H2,1H3/t12-,15+/m0/s1. The second-order valence-electron chi connectivity index (χ2n) is 6.08. The van der Waals surface area contributed by atoms with E-state index in [1.807, 2.05) is 0 Å². The first-order valence-corrected chi connectivity index (χ1v) is 7.89. The van der Waals surface area contributed by atoms with Gasteiger partial charge in [-0.05, 0) is 24.6 Å². The smallest absolute Gasteiger partial charge is 0.406 e. The number of benzene rings is 1. The lowest BCUT2D eigenvalue weighted by Crippen LogP contribution is -2.49. The van der Waals surface area contributed by atoms with Crippen molar-refractivity contribution in [2.24, 2.45) is 0 Å². The fraction of sp³-hybridized carbons (Fsp3) is 0.625. The zero-order valence-corrected chi connectivity index (χ0v) is 13.5. The van der Waals surface area contributed by atoms with E-state index < -0.39 is 12.5 Å². The Kier molecular flexibility index (Phi) is 6.45. The van der Waals surface area contributed by atoms with Crippen molar-refractivity contribution >= 4 is 0 Å². The molecule has 1 heterocycles. The van der Waals surface area contributed by atoms with Crippen LogP contribution in [0.2, 0.25) is 0 Å². The van der Waals surface area contributed by atoms with E-state index in [1.54, 1.807) is 6.92 Å². The average Bonchev–Trinajstić information content (AvgIpc) is 2.48. The fourth-order valence-corrected chi connectivity index (χ4v) is 2.77. The zero-order valence-electron chi connectivity index (χ0n) is 13.5. The summed E-state index contributed by atoms with van der Waals surface area (Å²) in [4.78, 5) is 4.26. The van der Waals surface area contributed by atoms with Crippen LogP contribution in [-0.2, 0) is 0 Å². The highest BCUT2D eigenvalue weighted by molar-refractivity contribution is 5.28. The average molecular weight is 348 g/mol. The van der Waals surface area contributed by atoms with Crippen molar-refractivity contribution in [1.82, 2.24) is 9.80 Å². The second-order valence-corrected chi connectivity index (χ2v) is 6.08. The van der Waals surface area contributed by atoms with Crippen LogP contribution in [0, 0.1) is 0 Å². The molecule has 136 valence electrons. The van der Waals surface area contributed by atoms with Gasteiger partial charge >= 0.3 is 6.36 Å². The molecule has 0 aromatic heterocycles. The van der Waals surface area contributed by atoms with E-state index in [2.05, 4.69) is 14.5 Å². The van der Waals surface area contributed by atoms with Crippen LogP contribution >= 0.6 is 0 Å². The van der Waals surface area contributed by atoms with E-state index in [0.717, 1.165) is 26.2 Å². The molecule has 2 atom stereocenters. The number of piperazine rings is 1. The summed E-state index contributed by atoms with van der Waals surface area (Å²) >= 11 is 0. The number of hydrogen-bond acceptors (Lipinski definition) is 5. The molecule has 0 unspecified atom stereocenters. The molecule has 8 heteroatoms. The minimum Gasteiger partial charge on any atom is -0.406 e. The van der Waals surface area contributed by atoms with Gasteiger partial charge in [-0.2, -0.15) is 0 Å². The quantitative estimate of drug-likeness (QED) is 0.818. The lowest BCUT2D eigenvalue weighted by molar-refractivity contribution is -0.274. The molecule has 1 aromatic rings. The Bertz CT molecular complexity index is 500. The molecule has 24 heavy (non-hydrogen) atoms. The van der Waals surface area contributed by atoms with Crippen molar-refractivity contribution < 1.29 is 28.1 Å². The number of β-amino-alcohol motifs (C(OH)–C–C–N with tert-alkyl or cyclic N) is 2. The van der Waals surface area contributed by atoms with Crippen molar-refractivity contribution in [2.75, 3.05) is 39.3 Å². The van der Waals surface area contributed by atoms with Gasteiger partial charge in [0.25, 0.3) is 0 Å². The van der Waals surface area contributed by atoms with Gasteiger partial charge in [0.05, 0.1) is 12.2 Å². The van der Waals surface area contributed by atoms with Crippen LogP contribution in [0.4, 0.5) is 13.2 Å². The SMILES string of the molecule is C[C@H](O)CN1CCN(C[C@@H](O)c2ccc(OC(F)(F)F)cc2)CC1. The Morgan fingerprint density at radius 2 is 1.50 bits per heavy atom. The molecule has 0 spiro atoms. The summed E-state index contributed by atoms with van der Waals surface area (Å²) in [5.74, 6) is -0.301. The van der Waals surface area contributed by atoms with E-state index in [0.29, 0.717) is 18.7 Å². The molecule has 0 radical (unpaired) electrons. The molecule has 0 saturated carbocycles. The van der Waals surface area contributed by atoms with Crippen molar-refractivity contribution in [1.29, 1.82) is 0 Å². The summed E-state index contributed by atoms with van der Waals surface area (Å²) < 4.78 is 40.2. The molecule has 0 aliphatic carbocycles. The largest absolute Gasteiger partial charge is 0.573 e. The first-order valence-electron chi connectivity index (χ1n) is 7.89. The molecular formula is C16H23F3N2O3. The van der Waals surface area contributed by atoms with Crippen LogP contribution in [0.15, 0.2) is 24.3 Å². The summed E-state index contributed by atoms with van der Waals surface area (Å²) in [6.45, 7) is 5.99. The van der Waals surface area contributed by atoms with Crippen molar-refractivity contribution in [3.8, 4) is 5.75 Å². The van der Waals surface area contributed by atoms with E-state index >= 15 is 0 Å². The van der Waals surface area contributed by atoms with Crippen LogP contribution in [0.5, 0.6) is 5.75 Å². The van der Waals surface area contributed by atoms with E-state index in [4.69, 9.17) is 0 Å². The van der Waals surface area contributed by atoms with E-state index in [1.165, 1.54) is 24.3 Å². The van der Waals surface area contributed by atoms with Gasteiger partial charge < -0.3 is 14.9 Å². The summed E-state index contributed by atoms with van der Waals surface area (Å²) in [7, 11) is 0. The van der Waals surface area contributed by atoms with Gasteiger partial charge in [-0.25, -0.2) is 0 Å². The number of aliphatic hydroxyl groups is 2. The topological polar surface area (TPSA) is 56.2 Å². The number of nitrogens with zero attached hydrogens (tertiary/aromatic N) is 2. The zero-order chi connectivity index (χ0) is 17.7. The maximum Gasteiger partial charge on any atom is 0.573 e. The van der Waals surface area contributed by atoms with Gasteiger partial charge in [0.2, 0.25) is 0 Å². The Hall–Kier alpha value is -1.35. The summed E-state index contributed by atoms with van der Waals surface area (Å²) in [5, 5.41) is 19.6. The minimum absolute atomic E-state index is 0.301. The summed E-state index contributed by atoms with van der Waals surface area (Å²) in [6.07, 6.45) is -5.85. The highest BCUT2D eigenvalue weighted by atomic mass is 19.4. The van der Waals surface area contributed by atoms with Crippen LogP contribution in [-0.4, -0.2) is 71.7 Å². The van der Waals surface area contributed by atoms with Crippen molar-refractivity contribution in [3.63, 3.8) is 0 Å². The number of hydrogen-bond donors (Lipinski definition) is 2. The number of ether oxygens (including phenoxy) is 1. The number of alkyl halides is 3. The molecule has 1 aliphatic heterocycles. The first-order chi connectivity index (χ1) is 11.2. The lowest BCUT2D eigenvalue weighted by Gasteiger charge is -2.36. The van der Waals surface area contributed by atoms with E-state index in [9.17, 15) is 23.4 Å². The lowest BCUT2D eigenvalue weighted by atomic mass is 10.1. The van der Waals surface area contributed by atoms with Gasteiger partial charge in [0.1, 0.15) is 5.75 Å². The van der Waals surface area contributed by atoms with Gasteiger partial charge in [-0.3, -0.25) is 9.80 Å². The summed E-state index contributed by atoms with van der Waals surface area (Å²) in [5.41, 5.74) is 0.552. The fourth-order valence-electron chi connectivity index (χ4n) is 2.77. The minimum atomic E-state index is -4.72. The molecule has 0 bridgehead atoms. The maximum absolute atomic E-state index is 12.1. The predicted octanol–water partition coefficient (Wildman–Crippen LogP) is 1.62. The second kappa shape index (κ2) is 8.15. The third-order valence-corrected chi connectivity index (χ3v) is 3.92. The number of rotatable bonds is 6. The van der Waals surface area contributed by atoms with Crippen LogP contribution in [0.1, 0.15) is 18.6 Å². The van der Waals surface area contributed by atoms with Gasteiger partial charge in [0.15, 0.2) is 0 Å². The summed E-state index contributed by atoms with van der Waals surface area (Å²) in [6, 6.07) is 5.28. The molecule has 5 nitrogen and oxygen atoms in total. The third-order valence-electron chi connectivity index (χ3n) is 3.92. The monoisotopic (exact) mass is 348 g/mol. The van der Waals surface area contributed by atoms with Gasteiger partial charge in [-0.15, -0.1) is 13.2 Å². The molecule has 0 amide bonds. The molecule has 1 fully saturated rings. The van der Waals surface area contributed by atoms with Gasteiger partial charge in [0, 0.05) is 39.3 Å². The third kappa shape index (κ3) is 6.27. The Morgan fingerprint density at radius 1 is 1.00 bits per heavy atom. The van der Waals surface area contributed by atoms with Crippen molar-refractivity contribution in [3.05, 3.63) is 29.8 Å². The van der Waals surface area contributed by atoms with Crippen LogP contribution in [0.25, 0.3) is 0 Å². The van der Waals surface area contributed by atoms with Gasteiger partial charge in [-0.1, -0.05) is 12.1 Å². The van der Waals surface area contributed by atoms with Crippen molar-refractivity contribution in [2.45, 2.75) is 25.5 Å². The molecule has 1 aromatic carbocycles. The van der Waals surface area contributed by atoms with Crippen LogP contribution in [0.3, 0.4) is 0 Å². The van der Waals surface area contributed by atoms with E-state index in [-0.39, 0.29) is 11.9 Å². The highest BCUT2D eigenvalue weighted by Crippen LogP contribution is 2.24. The first kappa shape index (κ1) is 19.0. The molecule has 1 saturated heterocycles. The number of aliphatic hydroxyl groups excluding tert-OH is 2. The number of halogens is 3. The molecule has 2 N–H and O–H groups in total. The maximum atomic E-state index is 12.1. The molecule has 2 rings (SSSR count). The predicted molar refractivity (Wildman–Crippen MR) is 82.6 cm³/mol. The highest BCUT2D eigenvalue weighted by Gasteiger charge is 2.31. The molecular weight excluding hydrogens is 325 g/mol. The Balaban J connectivity index is 1.81. The molecule has 1 aliphatic rings. The van der Waals surface area contributed by atoms with Crippen LogP contribution < -0.4 is 4.74 Å².